The number of aryl methyl sites for hydroxylation is 2. The normalized spacial score (nSPS) is 13.0. The summed E-state index contributed by atoms with van der Waals surface area (Å²) in [4.78, 5) is 1.27. The maximum Gasteiger partial charge on any atom is 0.128 e. The summed E-state index contributed by atoms with van der Waals surface area (Å²) >= 11 is 5.30. The van der Waals surface area contributed by atoms with E-state index in [-0.39, 0.29) is 6.04 Å². The van der Waals surface area contributed by atoms with Gasteiger partial charge in [-0.1, -0.05) is 0 Å². The average molecular weight is 300 g/mol. The van der Waals surface area contributed by atoms with Gasteiger partial charge in [-0.3, -0.25) is 0 Å². The van der Waals surface area contributed by atoms with Crippen LogP contribution in [0.25, 0.3) is 0 Å². The summed E-state index contributed by atoms with van der Waals surface area (Å²) in [5, 5.41) is 3.30. The maximum absolute atomic E-state index is 5.55. The standard InChI is InChI=1S/C12H14BrNOS/c1-7-4-5-15-11(7)10(14-3)9-6-8(2)12(13)16-9/h4-6,10,14H,1-3H3. The van der Waals surface area contributed by atoms with Crippen LogP contribution in [0, 0.1) is 13.8 Å². The van der Waals surface area contributed by atoms with Crippen LogP contribution in [0.1, 0.15) is 27.8 Å². The molecule has 16 heavy (non-hydrogen) atoms. The highest BCUT2D eigenvalue weighted by molar-refractivity contribution is 9.11. The van der Waals surface area contributed by atoms with Crippen molar-refractivity contribution in [3.8, 4) is 0 Å². The van der Waals surface area contributed by atoms with Crippen molar-refractivity contribution in [2.45, 2.75) is 19.9 Å². The van der Waals surface area contributed by atoms with Gasteiger partial charge in [0, 0.05) is 4.88 Å². The Kier molecular flexibility index (Phi) is 3.52. The molecule has 2 aromatic heterocycles. The van der Waals surface area contributed by atoms with Gasteiger partial charge in [0.05, 0.1) is 10.0 Å². The van der Waals surface area contributed by atoms with Crippen molar-refractivity contribution in [3.63, 3.8) is 0 Å². The number of rotatable bonds is 3. The molecule has 2 rings (SSSR count). The van der Waals surface area contributed by atoms with Gasteiger partial charge >= 0.3 is 0 Å². The van der Waals surface area contributed by atoms with Crippen molar-refractivity contribution in [3.05, 3.63) is 43.9 Å². The van der Waals surface area contributed by atoms with Crippen LogP contribution in [0.2, 0.25) is 0 Å². The molecule has 4 heteroatoms. The Morgan fingerprint density at radius 2 is 2.12 bits per heavy atom. The molecule has 1 N–H and O–H groups in total. The molecule has 2 aromatic rings. The molecule has 0 saturated carbocycles. The van der Waals surface area contributed by atoms with Crippen LogP contribution in [0.5, 0.6) is 0 Å². The molecule has 1 atom stereocenters. The highest BCUT2D eigenvalue weighted by Gasteiger charge is 2.20. The molecule has 0 aliphatic carbocycles. The van der Waals surface area contributed by atoms with Crippen molar-refractivity contribution < 1.29 is 4.42 Å². The fourth-order valence-corrected chi connectivity index (χ4v) is 3.39. The van der Waals surface area contributed by atoms with Crippen molar-refractivity contribution in [2.24, 2.45) is 0 Å². The zero-order valence-corrected chi connectivity index (χ0v) is 11.9. The van der Waals surface area contributed by atoms with Crippen LogP contribution in [0.4, 0.5) is 0 Å². The molecule has 0 fully saturated rings. The van der Waals surface area contributed by atoms with Crippen molar-refractivity contribution in [1.82, 2.24) is 5.32 Å². The zero-order chi connectivity index (χ0) is 11.7. The molecule has 0 amide bonds. The second-order valence-corrected chi connectivity index (χ2v) is 6.20. The van der Waals surface area contributed by atoms with E-state index in [1.165, 1.54) is 19.8 Å². The van der Waals surface area contributed by atoms with Gasteiger partial charge < -0.3 is 9.73 Å². The largest absolute Gasteiger partial charge is 0.467 e. The van der Waals surface area contributed by atoms with Gasteiger partial charge in [0.25, 0.3) is 0 Å². The smallest absolute Gasteiger partial charge is 0.128 e. The molecule has 86 valence electrons. The van der Waals surface area contributed by atoms with Crippen LogP contribution >= 0.6 is 27.3 Å². The number of furan rings is 1. The Bertz CT molecular complexity index is 469. The predicted octanol–water partition coefficient (Wildman–Crippen LogP) is 4.03. The minimum absolute atomic E-state index is 0.144. The molecule has 2 nitrogen and oxygen atoms in total. The lowest BCUT2D eigenvalue weighted by Crippen LogP contribution is -2.16. The highest BCUT2D eigenvalue weighted by atomic mass is 79.9. The molecule has 0 aliphatic heterocycles. The third-order valence-corrected chi connectivity index (χ3v) is 4.81. The summed E-state index contributed by atoms with van der Waals surface area (Å²) in [7, 11) is 1.95. The number of nitrogens with one attached hydrogen (secondary N) is 1. The topological polar surface area (TPSA) is 25.2 Å². The molecule has 0 aliphatic rings. The monoisotopic (exact) mass is 299 g/mol. The number of hydrogen-bond acceptors (Lipinski definition) is 3. The first kappa shape index (κ1) is 11.9. The van der Waals surface area contributed by atoms with E-state index in [2.05, 4.69) is 41.2 Å². The first-order chi connectivity index (χ1) is 7.63. The molecule has 1 unspecified atom stereocenters. The minimum Gasteiger partial charge on any atom is -0.467 e. The SMILES string of the molecule is CNC(c1cc(C)c(Br)s1)c1occc1C. The third kappa shape index (κ3) is 2.10. The Morgan fingerprint density at radius 1 is 1.38 bits per heavy atom. The lowest BCUT2D eigenvalue weighted by Gasteiger charge is -2.12. The van der Waals surface area contributed by atoms with Crippen LogP contribution in [0.15, 0.2) is 26.6 Å². The van der Waals surface area contributed by atoms with Crippen molar-refractivity contribution in [1.29, 1.82) is 0 Å². The lowest BCUT2D eigenvalue weighted by molar-refractivity contribution is 0.463. The van der Waals surface area contributed by atoms with E-state index in [1.807, 2.05) is 13.1 Å². The fraction of sp³-hybridized carbons (Fsp3) is 0.333. The quantitative estimate of drug-likeness (QED) is 0.926. The van der Waals surface area contributed by atoms with Crippen LogP contribution in [0.3, 0.4) is 0 Å². The van der Waals surface area contributed by atoms with E-state index >= 15 is 0 Å². The van der Waals surface area contributed by atoms with Gasteiger partial charge in [0.2, 0.25) is 0 Å². The summed E-state index contributed by atoms with van der Waals surface area (Å²) < 4.78 is 6.74. The Labute approximate surface area is 108 Å². The average Bonchev–Trinajstić information content (AvgIpc) is 2.78. The minimum atomic E-state index is 0.144. The van der Waals surface area contributed by atoms with E-state index in [0.717, 1.165) is 5.76 Å². The predicted molar refractivity (Wildman–Crippen MR) is 71.1 cm³/mol. The van der Waals surface area contributed by atoms with Gasteiger partial charge in [-0.25, -0.2) is 0 Å². The molecule has 2 heterocycles. The van der Waals surface area contributed by atoms with Crippen LogP contribution in [-0.2, 0) is 0 Å². The molecular formula is C12H14BrNOS. The van der Waals surface area contributed by atoms with Crippen molar-refractivity contribution >= 4 is 27.3 Å². The van der Waals surface area contributed by atoms with E-state index in [9.17, 15) is 0 Å². The van der Waals surface area contributed by atoms with Crippen LogP contribution < -0.4 is 5.32 Å². The molecule has 0 spiro atoms. The number of hydrogen-bond donors (Lipinski definition) is 1. The molecular weight excluding hydrogens is 286 g/mol. The van der Waals surface area contributed by atoms with Gasteiger partial charge in [0.1, 0.15) is 11.8 Å². The summed E-state index contributed by atoms with van der Waals surface area (Å²) in [5.74, 6) is 0.997. The molecule has 0 bridgehead atoms. The van der Waals surface area contributed by atoms with E-state index in [0.29, 0.717) is 0 Å². The Balaban J connectivity index is 2.40. The van der Waals surface area contributed by atoms with E-state index in [1.54, 1.807) is 17.6 Å². The molecule has 0 saturated heterocycles. The summed E-state index contributed by atoms with van der Waals surface area (Å²) in [5.41, 5.74) is 2.45. The second kappa shape index (κ2) is 4.73. The van der Waals surface area contributed by atoms with Gasteiger partial charge in [-0.2, -0.15) is 0 Å². The lowest BCUT2D eigenvalue weighted by atomic mass is 10.1. The maximum atomic E-state index is 5.55. The van der Waals surface area contributed by atoms with Gasteiger partial charge in [-0.15, -0.1) is 11.3 Å². The van der Waals surface area contributed by atoms with E-state index in [4.69, 9.17) is 4.42 Å². The Morgan fingerprint density at radius 3 is 2.56 bits per heavy atom. The fourth-order valence-electron chi connectivity index (χ4n) is 1.71. The highest BCUT2D eigenvalue weighted by Crippen LogP contribution is 2.35. The molecule has 0 aromatic carbocycles. The number of halogens is 1. The van der Waals surface area contributed by atoms with Crippen molar-refractivity contribution in [2.75, 3.05) is 7.05 Å². The second-order valence-electron chi connectivity index (χ2n) is 3.80. The summed E-state index contributed by atoms with van der Waals surface area (Å²) in [6.07, 6.45) is 1.74. The zero-order valence-electron chi connectivity index (χ0n) is 9.50. The van der Waals surface area contributed by atoms with Crippen LogP contribution in [-0.4, -0.2) is 7.05 Å². The summed E-state index contributed by atoms with van der Waals surface area (Å²) in [6, 6.07) is 4.33. The van der Waals surface area contributed by atoms with Gasteiger partial charge in [-0.05, 0) is 60.1 Å². The third-order valence-electron chi connectivity index (χ3n) is 2.61. The first-order valence-electron chi connectivity index (χ1n) is 5.10. The first-order valence-corrected chi connectivity index (χ1v) is 6.71. The number of thiophene rings is 1. The Hall–Kier alpha value is -0.580. The molecule has 0 radical (unpaired) electrons. The van der Waals surface area contributed by atoms with E-state index < -0.39 is 0 Å². The summed E-state index contributed by atoms with van der Waals surface area (Å²) in [6.45, 7) is 4.17. The van der Waals surface area contributed by atoms with Gasteiger partial charge in [0.15, 0.2) is 0 Å².